The summed E-state index contributed by atoms with van der Waals surface area (Å²) in [4.78, 5) is 15.4. The molecule has 0 atom stereocenters. The summed E-state index contributed by atoms with van der Waals surface area (Å²) in [7, 11) is 0. The molecule has 0 saturated carbocycles. The molecule has 0 aliphatic heterocycles. The van der Waals surface area contributed by atoms with Gasteiger partial charge >= 0.3 is 5.97 Å². The molecule has 0 bridgehead atoms. The van der Waals surface area contributed by atoms with Crippen molar-refractivity contribution in [3.8, 4) is 5.75 Å². The van der Waals surface area contributed by atoms with Gasteiger partial charge in [-0.2, -0.15) is 0 Å². The summed E-state index contributed by atoms with van der Waals surface area (Å²) < 4.78 is 6.59. The Hall–Kier alpha value is -1.53. The van der Waals surface area contributed by atoms with E-state index in [9.17, 15) is 4.79 Å². The van der Waals surface area contributed by atoms with Crippen LogP contribution in [0, 0.1) is 6.92 Å². The first-order valence-electron chi connectivity index (χ1n) is 6.17. The van der Waals surface area contributed by atoms with Crippen LogP contribution in [0.1, 0.15) is 22.5 Å². The normalized spacial score (nSPS) is 10.4. The Morgan fingerprint density at radius 2 is 2.25 bits per heavy atom. The van der Waals surface area contributed by atoms with Crippen LogP contribution in [0.5, 0.6) is 5.75 Å². The highest BCUT2D eigenvalue weighted by Gasteiger charge is 2.09. The summed E-state index contributed by atoms with van der Waals surface area (Å²) >= 11 is 3.34. The number of aromatic nitrogens is 1. The molecule has 1 aromatic carbocycles. The molecule has 0 aliphatic rings. The maximum atomic E-state index is 11.0. The fourth-order valence-corrected chi connectivity index (χ4v) is 3.40. The van der Waals surface area contributed by atoms with Gasteiger partial charge in [0.15, 0.2) is 0 Å². The van der Waals surface area contributed by atoms with Gasteiger partial charge in [-0.05, 0) is 25.5 Å². The Kier molecular flexibility index (Phi) is 5.43. The van der Waals surface area contributed by atoms with Gasteiger partial charge < -0.3 is 9.84 Å². The van der Waals surface area contributed by atoms with Crippen molar-refractivity contribution >= 4 is 29.1 Å². The molecule has 2 rings (SSSR count). The van der Waals surface area contributed by atoms with Gasteiger partial charge in [-0.25, -0.2) is 9.78 Å². The number of carboxylic acids is 1. The zero-order chi connectivity index (χ0) is 14.4. The maximum Gasteiger partial charge on any atom is 0.339 e. The first-order chi connectivity index (χ1) is 9.66. The van der Waals surface area contributed by atoms with Gasteiger partial charge in [-0.3, -0.25) is 0 Å². The third-order valence-corrected chi connectivity index (χ3v) is 4.71. The molecular formula is C14H15NO3S2. The van der Waals surface area contributed by atoms with E-state index < -0.39 is 5.97 Å². The molecule has 0 spiro atoms. The maximum absolute atomic E-state index is 11.0. The van der Waals surface area contributed by atoms with Gasteiger partial charge in [0.2, 0.25) is 0 Å². The molecule has 2 aromatic rings. The van der Waals surface area contributed by atoms with E-state index in [2.05, 4.69) is 4.98 Å². The van der Waals surface area contributed by atoms with Gasteiger partial charge in [0, 0.05) is 16.8 Å². The molecule has 0 aliphatic carbocycles. The second-order valence-corrected chi connectivity index (χ2v) is 6.31. The first kappa shape index (κ1) is 14.9. The number of benzene rings is 1. The van der Waals surface area contributed by atoms with E-state index in [-0.39, 0.29) is 5.56 Å². The van der Waals surface area contributed by atoms with Crippen molar-refractivity contribution in [3.63, 3.8) is 0 Å². The van der Waals surface area contributed by atoms with Crippen molar-refractivity contribution in [2.24, 2.45) is 0 Å². The van der Waals surface area contributed by atoms with Gasteiger partial charge in [0.1, 0.15) is 15.7 Å². The molecule has 0 radical (unpaired) electrons. The van der Waals surface area contributed by atoms with Crippen LogP contribution >= 0.6 is 23.1 Å². The smallest absolute Gasteiger partial charge is 0.339 e. The number of hydrogen-bond acceptors (Lipinski definition) is 5. The number of thioether (sulfide) groups is 1. The highest BCUT2D eigenvalue weighted by molar-refractivity contribution is 8.00. The van der Waals surface area contributed by atoms with Crippen LogP contribution in [0.15, 0.2) is 34.0 Å². The number of thiazole rings is 1. The average Bonchev–Trinajstić information content (AvgIpc) is 2.84. The predicted octanol–water partition coefficient (Wildman–Crippen LogP) is 3.71. The number of ether oxygens (including phenoxy) is 1. The SMILES string of the molecule is Cc1csc(SCCCOc2ccccc2C(=O)O)n1. The number of aromatic carboxylic acids is 1. The zero-order valence-electron chi connectivity index (χ0n) is 11.0. The minimum Gasteiger partial charge on any atom is -0.493 e. The molecule has 4 nitrogen and oxygen atoms in total. The molecule has 106 valence electrons. The lowest BCUT2D eigenvalue weighted by Gasteiger charge is -2.08. The second-order valence-electron chi connectivity index (χ2n) is 4.11. The minimum atomic E-state index is -0.965. The van der Waals surface area contributed by atoms with Crippen LogP contribution in [-0.4, -0.2) is 28.4 Å². The molecule has 0 saturated heterocycles. The molecule has 0 unspecified atom stereocenters. The quantitative estimate of drug-likeness (QED) is 0.624. The molecule has 6 heteroatoms. The topological polar surface area (TPSA) is 59.4 Å². The Bertz CT molecular complexity index is 583. The van der Waals surface area contributed by atoms with Crippen molar-refractivity contribution < 1.29 is 14.6 Å². The van der Waals surface area contributed by atoms with Crippen molar-refractivity contribution in [2.75, 3.05) is 12.4 Å². The van der Waals surface area contributed by atoms with Gasteiger partial charge in [0.05, 0.1) is 6.61 Å². The molecular weight excluding hydrogens is 294 g/mol. The lowest BCUT2D eigenvalue weighted by atomic mass is 10.2. The zero-order valence-corrected chi connectivity index (χ0v) is 12.7. The van der Waals surface area contributed by atoms with Gasteiger partial charge in [-0.15, -0.1) is 11.3 Å². The van der Waals surface area contributed by atoms with Crippen molar-refractivity contribution in [1.82, 2.24) is 4.98 Å². The number of aryl methyl sites for hydroxylation is 1. The second kappa shape index (κ2) is 7.31. The Morgan fingerprint density at radius 3 is 2.95 bits per heavy atom. The molecule has 0 amide bonds. The third-order valence-electron chi connectivity index (χ3n) is 2.49. The summed E-state index contributed by atoms with van der Waals surface area (Å²) in [5, 5.41) is 11.1. The summed E-state index contributed by atoms with van der Waals surface area (Å²) in [6.45, 7) is 2.48. The number of rotatable bonds is 7. The molecule has 20 heavy (non-hydrogen) atoms. The monoisotopic (exact) mass is 309 g/mol. The van der Waals surface area contributed by atoms with Gasteiger partial charge in [-0.1, -0.05) is 23.9 Å². The minimum absolute atomic E-state index is 0.204. The van der Waals surface area contributed by atoms with E-state index in [0.717, 1.165) is 22.2 Å². The van der Waals surface area contributed by atoms with Crippen LogP contribution in [-0.2, 0) is 0 Å². The fraction of sp³-hybridized carbons (Fsp3) is 0.286. The number of nitrogens with zero attached hydrogens (tertiary/aromatic N) is 1. The number of para-hydroxylation sites is 1. The van der Waals surface area contributed by atoms with E-state index in [0.29, 0.717) is 12.4 Å². The van der Waals surface area contributed by atoms with Gasteiger partial charge in [0.25, 0.3) is 0 Å². The largest absolute Gasteiger partial charge is 0.493 e. The summed E-state index contributed by atoms with van der Waals surface area (Å²) in [6.07, 6.45) is 0.844. The number of carboxylic acid groups (broad SMARTS) is 1. The summed E-state index contributed by atoms with van der Waals surface area (Å²) in [5.74, 6) is 0.366. The lowest BCUT2D eigenvalue weighted by molar-refractivity contribution is 0.0692. The summed E-state index contributed by atoms with van der Waals surface area (Å²) in [5.41, 5.74) is 1.25. The van der Waals surface area contributed by atoms with Crippen LogP contribution in [0.2, 0.25) is 0 Å². The standard InChI is InChI=1S/C14H15NO3S2/c1-10-9-20-14(15-10)19-8-4-7-18-12-6-3-2-5-11(12)13(16)17/h2-3,5-6,9H,4,7-8H2,1H3,(H,16,17). The van der Waals surface area contributed by atoms with E-state index >= 15 is 0 Å². The van der Waals surface area contributed by atoms with Crippen LogP contribution in [0.3, 0.4) is 0 Å². The van der Waals surface area contributed by atoms with Crippen LogP contribution in [0.25, 0.3) is 0 Å². The molecule has 1 heterocycles. The Labute approximate surface area is 125 Å². The van der Waals surface area contributed by atoms with Crippen molar-refractivity contribution in [2.45, 2.75) is 17.7 Å². The van der Waals surface area contributed by atoms with E-state index in [1.807, 2.05) is 12.3 Å². The van der Waals surface area contributed by atoms with E-state index in [1.165, 1.54) is 0 Å². The number of carbonyl (C=O) groups is 1. The summed E-state index contributed by atoms with van der Waals surface area (Å²) in [6, 6.07) is 6.69. The third kappa shape index (κ3) is 4.25. The molecule has 1 aromatic heterocycles. The lowest BCUT2D eigenvalue weighted by Crippen LogP contribution is -2.04. The fourth-order valence-electron chi connectivity index (χ4n) is 1.57. The number of hydrogen-bond donors (Lipinski definition) is 1. The van der Waals surface area contributed by atoms with Crippen LogP contribution in [0.4, 0.5) is 0 Å². The average molecular weight is 309 g/mol. The van der Waals surface area contributed by atoms with Crippen molar-refractivity contribution in [3.05, 3.63) is 40.9 Å². The van der Waals surface area contributed by atoms with E-state index in [4.69, 9.17) is 9.84 Å². The van der Waals surface area contributed by atoms with E-state index in [1.54, 1.807) is 47.4 Å². The first-order valence-corrected chi connectivity index (χ1v) is 8.03. The molecule has 1 N–H and O–H groups in total. The Balaban J connectivity index is 1.75. The predicted molar refractivity (Wildman–Crippen MR) is 81.1 cm³/mol. The Morgan fingerprint density at radius 1 is 1.45 bits per heavy atom. The van der Waals surface area contributed by atoms with Crippen LogP contribution < -0.4 is 4.74 Å². The highest BCUT2D eigenvalue weighted by atomic mass is 32.2. The van der Waals surface area contributed by atoms with Crippen molar-refractivity contribution in [1.29, 1.82) is 0 Å². The highest BCUT2D eigenvalue weighted by Crippen LogP contribution is 2.23. The molecule has 0 fully saturated rings.